The predicted molar refractivity (Wildman–Crippen MR) is 142 cm³/mol. The first-order valence-corrected chi connectivity index (χ1v) is 11.5. The maximum atomic E-state index is 13.1. The number of para-hydroxylation sites is 2. The molecule has 2 N–H and O–H groups in total. The third kappa shape index (κ3) is 6.34. The molecule has 0 aliphatic rings. The highest BCUT2D eigenvalue weighted by Gasteiger charge is 2.23. The molecule has 0 aliphatic heterocycles. The summed E-state index contributed by atoms with van der Waals surface area (Å²) in [6, 6.07) is 19.0. The molecule has 0 unspecified atom stereocenters. The van der Waals surface area contributed by atoms with Gasteiger partial charge in [0, 0.05) is 11.2 Å². The summed E-state index contributed by atoms with van der Waals surface area (Å²) in [5.74, 6) is 0.690. The van der Waals surface area contributed by atoms with Crippen LogP contribution in [-0.4, -0.2) is 57.2 Å². The lowest BCUT2D eigenvalue weighted by Gasteiger charge is -2.32. The number of nitrogens with zero attached hydrogens (tertiary/aromatic N) is 1. The highest BCUT2D eigenvalue weighted by molar-refractivity contribution is 6.08. The number of rotatable bonds is 10. The summed E-state index contributed by atoms with van der Waals surface area (Å²) in [4.78, 5) is 28.1. The minimum atomic E-state index is -0.364. The molecule has 8 heteroatoms. The molecule has 0 fully saturated rings. The molecule has 2 amide bonds. The first kappa shape index (κ1) is 26.6. The number of methoxy groups -OCH3 is 2. The molecule has 0 atom stereocenters. The van der Waals surface area contributed by atoms with Gasteiger partial charge in [0.15, 0.2) is 0 Å². The molecule has 0 spiro atoms. The monoisotopic (exact) mass is 491 g/mol. The maximum absolute atomic E-state index is 13.1. The van der Waals surface area contributed by atoms with Gasteiger partial charge in [-0.25, -0.2) is 0 Å². The highest BCUT2D eigenvalue weighted by atomic mass is 16.5. The van der Waals surface area contributed by atoms with Gasteiger partial charge in [-0.2, -0.15) is 0 Å². The summed E-state index contributed by atoms with van der Waals surface area (Å²) in [7, 11) is 6.98. The molecule has 0 radical (unpaired) electrons. The Morgan fingerprint density at radius 3 is 1.83 bits per heavy atom. The van der Waals surface area contributed by atoms with E-state index in [2.05, 4.69) is 29.4 Å². The van der Waals surface area contributed by atoms with Gasteiger partial charge in [0.25, 0.3) is 11.8 Å². The fraction of sp³-hybridized carbons (Fsp3) is 0.286. The highest BCUT2D eigenvalue weighted by Crippen LogP contribution is 2.31. The number of hydrogen-bond acceptors (Lipinski definition) is 6. The smallest absolute Gasteiger partial charge is 0.259 e. The van der Waals surface area contributed by atoms with Gasteiger partial charge in [-0.1, -0.05) is 24.3 Å². The van der Waals surface area contributed by atoms with Crippen LogP contribution < -0.4 is 24.8 Å². The summed E-state index contributed by atoms with van der Waals surface area (Å²) in [6.07, 6.45) is 0. The number of carbonyl (C=O) groups excluding carboxylic acids is 2. The first-order chi connectivity index (χ1) is 17.2. The van der Waals surface area contributed by atoms with E-state index in [9.17, 15) is 9.59 Å². The van der Waals surface area contributed by atoms with E-state index < -0.39 is 0 Å². The maximum Gasteiger partial charge on any atom is 0.259 e. The van der Waals surface area contributed by atoms with Crippen LogP contribution in [0.3, 0.4) is 0 Å². The third-order valence-electron chi connectivity index (χ3n) is 5.98. The summed E-state index contributed by atoms with van der Waals surface area (Å²) in [6.45, 7) is 4.49. The van der Waals surface area contributed by atoms with Crippen LogP contribution >= 0.6 is 0 Å². The Kier molecular flexibility index (Phi) is 8.55. The van der Waals surface area contributed by atoms with Crippen molar-refractivity contribution >= 4 is 23.2 Å². The van der Waals surface area contributed by atoms with Gasteiger partial charge < -0.3 is 29.7 Å². The van der Waals surface area contributed by atoms with Crippen LogP contribution in [0, 0.1) is 0 Å². The lowest BCUT2D eigenvalue weighted by Crippen LogP contribution is -2.43. The Labute approximate surface area is 212 Å². The number of anilines is 2. The minimum absolute atomic E-state index is 0.249. The fourth-order valence-electron chi connectivity index (χ4n) is 3.27. The lowest BCUT2D eigenvalue weighted by atomic mass is 10.1. The van der Waals surface area contributed by atoms with Gasteiger partial charge in [-0.05, 0) is 70.4 Å². The quantitative estimate of drug-likeness (QED) is 0.418. The summed E-state index contributed by atoms with van der Waals surface area (Å²) in [5.41, 5.74) is 1.43. The SMILES string of the molecule is COc1ccccc1C(=O)Nc1ccc(OCC(C)(C)N(C)C)c(NC(=O)c2ccccc2OC)c1. The molecule has 8 nitrogen and oxygen atoms in total. The molecule has 0 aliphatic carbocycles. The van der Waals surface area contributed by atoms with Crippen LogP contribution in [-0.2, 0) is 0 Å². The average molecular weight is 492 g/mol. The molecule has 0 saturated carbocycles. The third-order valence-corrected chi connectivity index (χ3v) is 5.98. The number of amides is 2. The molecular weight excluding hydrogens is 458 g/mol. The van der Waals surface area contributed by atoms with Gasteiger partial charge >= 0.3 is 0 Å². The van der Waals surface area contributed by atoms with E-state index in [1.165, 1.54) is 14.2 Å². The molecule has 0 heterocycles. The Balaban J connectivity index is 1.91. The largest absolute Gasteiger partial charge is 0.496 e. The standard InChI is InChI=1S/C28H33N3O5/c1-28(2,31(3)4)18-36-25-16-15-19(29-26(32)20-11-7-9-13-23(20)34-5)17-22(25)30-27(33)21-12-8-10-14-24(21)35-6/h7-17H,18H2,1-6H3,(H,29,32)(H,30,33). The molecular formula is C28H33N3O5. The molecule has 3 aromatic carbocycles. The summed E-state index contributed by atoms with van der Waals surface area (Å²) in [5, 5.41) is 5.78. The van der Waals surface area contributed by atoms with E-state index in [0.29, 0.717) is 46.4 Å². The number of benzene rings is 3. The zero-order chi connectivity index (χ0) is 26.3. The van der Waals surface area contributed by atoms with Gasteiger partial charge in [-0.3, -0.25) is 9.59 Å². The molecule has 190 valence electrons. The first-order valence-electron chi connectivity index (χ1n) is 11.5. The fourth-order valence-corrected chi connectivity index (χ4v) is 3.27. The van der Waals surface area contributed by atoms with Crippen molar-refractivity contribution in [2.45, 2.75) is 19.4 Å². The predicted octanol–water partition coefficient (Wildman–Crippen LogP) is 4.93. The molecule has 0 aromatic heterocycles. The van der Waals surface area contributed by atoms with E-state index in [1.807, 2.05) is 14.1 Å². The van der Waals surface area contributed by atoms with E-state index >= 15 is 0 Å². The second-order valence-corrected chi connectivity index (χ2v) is 9.02. The van der Waals surface area contributed by atoms with E-state index in [1.54, 1.807) is 66.7 Å². The number of nitrogens with one attached hydrogen (secondary N) is 2. The summed E-state index contributed by atoms with van der Waals surface area (Å²) < 4.78 is 16.8. The molecule has 0 bridgehead atoms. The van der Waals surface area contributed by atoms with Crippen LogP contribution in [0.5, 0.6) is 17.2 Å². The Morgan fingerprint density at radius 2 is 1.31 bits per heavy atom. The zero-order valence-electron chi connectivity index (χ0n) is 21.5. The second-order valence-electron chi connectivity index (χ2n) is 9.02. The van der Waals surface area contributed by atoms with Crippen molar-refractivity contribution in [3.8, 4) is 17.2 Å². The van der Waals surface area contributed by atoms with Crippen molar-refractivity contribution in [1.82, 2.24) is 4.90 Å². The zero-order valence-corrected chi connectivity index (χ0v) is 21.5. The van der Waals surface area contributed by atoms with Gasteiger partial charge in [-0.15, -0.1) is 0 Å². The van der Waals surface area contributed by atoms with Crippen LogP contribution in [0.2, 0.25) is 0 Å². The Morgan fingerprint density at radius 1 is 0.778 bits per heavy atom. The topological polar surface area (TPSA) is 89.1 Å². The van der Waals surface area contributed by atoms with Crippen molar-refractivity contribution in [1.29, 1.82) is 0 Å². The van der Waals surface area contributed by atoms with Crippen molar-refractivity contribution in [2.24, 2.45) is 0 Å². The van der Waals surface area contributed by atoms with Crippen LogP contribution in [0.25, 0.3) is 0 Å². The van der Waals surface area contributed by atoms with E-state index in [4.69, 9.17) is 14.2 Å². The van der Waals surface area contributed by atoms with Crippen molar-refractivity contribution in [3.05, 3.63) is 77.9 Å². The number of hydrogen-bond donors (Lipinski definition) is 2. The number of carbonyl (C=O) groups is 2. The van der Waals surface area contributed by atoms with Crippen LogP contribution in [0.1, 0.15) is 34.6 Å². The molecule has 36 heavy (non-hydrogen) atoms. The minimum Gasteiger partial charge on any atom is -0.496 e. The van der Waals surface area contributed by atoms with E-state index in [-0.39, 0.29) is 17.4 Å². The van der Waals surface area contributed by atoms with Gasteiger partial charge in [0.1, 0.15) is 23.9 Å². The average Bonchev–Trinajstić information content (AvgIpc) is 2.87. The Hall–Kier alpha value is -4.04. The summed E-state index contributed by atoms with van der Waals surface area (Å²) >= 11 is 0. The van der Waals surface area contributed by atoms with E-state index in [0.717, 1.165) is 0 Å². The second kappa shape index (κ2) is 11.6. The van der Waals surface area contributed by atoms with Crippen molar-refractivity contribution in [3.63, 3.8) is 0 Å². The van der Waals surface area contributed by atoms with Gasteiger partial charge in [0.2, 0.25) is 0 Å². The van der Waals surface area contributed by atoms with Crippen LogP contribution in [0.15, 0.2) is 66.7 Å². The van der Waals surface area contributed by atoms with Crippen molar-refractivity contribution in [2.75, 3.05) is 45.6 Å². The van der Waals surface area contributed by atoms with Gasteiger partial charge in [0.05, 0.1) is 31.0 Å². The number of likely N-dealkylation sites (N-methyl/N-ethyl adjacent to an activating group) is 1. The van der Waals surface area contributed by atoms with Crippen molar-refractivity contribution < 1.29 is 23.8 Å². The Bertz CT molecular complexity index is 1220. The lowest BCUT2D eigenvalue weighted by molar-refractivity contribution is 0.101. The molecule has 3 rings (SSSR count). The molecule has 3 aromatic rings. The number of ether oxygens (including phenoxy) is 3. The normalized spacial score (nSPS) is 11.1. The molecule has 0 saturated heterocycles. The van der Waals surface area contributed by atoms with Crippen LogP contribution in [0.4, 0.5) is 11.4 Å².